The van der Waals surface area contributed by atoms with Gasteiger partial charge in [0.2, 0.25) is 6.41 Å². The summed E-state index contributed by atoms with van der Waals surface area (Å²) < 4.78 is 0. The van der Waals surface area contributed by atoms with Crippen molar-refractivity contribution in [2.45, 2.75) is 19.6 Å². The highest BCUT2D eigenvalue weighted by molar-refractivity contribution is 5.45. The molecule has 15 heavy (non-hydrogen) atoms. The molecule has 0 fully saturated rings. The molecule has 0 aliphatic rings. The number of rotatable bonds is 6. The number of nitrogens with zero attached hydrogens (tertiary/aromatic N) is 1. The second kappa shape index (κ2) is 6.16. The molecular weight excluding hydrogens is 194 g/mol. The first-order chi connectivity index (χ1) is 7.27. The number of aliphatic hydroxyl groups excluding tert-OH is 1. The van der Waals surface area contributed by atoms with Crippen molar-refractivity contribution in [3.63, 3.8) is 0 Å². The summed E-state index contributed by atoms with van der Waals surface area (Å²) >= 11 is 0. The maximum atomic E-state index is 10.6. The Morgan fingerprint density at radius 2 is 2.13 bits per heavy atom. The lowest BCUT2D eigenvalue weighted by molar-refractivity contribution is -0.194. The van der Waals surface area contributed by atoms with Crippen LogP contribution >= 0.6 is 0 Å². The van der Waals surface area contributed by atoms with E-state index in [1.165, 1.54) is 0 Å². The standard InChI is InChI=1S/C11H15NO3/c1-10(7-13)12(9-14)15-8-11-5-3-2-4-6-11/h2-6,9-10,13H,7-8H2,1H3/t10-/m0/s1. The third-order valence-electron chi connectivity index (χ3n) is 2.03. The van der Waals surface area contributed by atoms with E-state index in [-0.39, 0.29) is 12.6 Å². The van der Waals surface area contributed by atoms with Gasteiger partial charge in [0, 0.05) is 0 Å². The van der Waals surface area contributed by atoms with Gasteiger partial charge in [-0.2, -0.15) is 0 Å². The molecule has 0 unspecified atom stereocenters. The highest BCUT2D eigenvalue weighted by Crippen LogP contribution is 2.04. The second-order valence-electron chi connectivity index (χ2n) is 3.26. The first-order valence-corrected chi connectivity index (χ1v) is 4.79. The van der Waals surface area contributed by atoms with Crippen molar-refractivity contribution in [1.29, 1.82) is 0 Å². The SMILES string of the molecule is C[C@@H](CO)N(C=O)OCc1ccccc1. The van der Waals surface area contributed by atoms with Gasteiger partial charge in [-0.3, -0.25) is 9.63 Å². The molecule has 0 bridgehead atoms. The van der Waals surface area contributed by atoms with Gasteiger partial charge in [0.05, 0.1) is 12.6 Å². The maximum Gasteiger partial charge on any atom is 0.233 e. The molecule has 0 saturated carbocycles. The largest absolute Gasteiger partial charge is 0.394 e. The van der Waals surface area contributed by atoms with E-state index >= 15 is 0 Å². The highest BCUT2D eigenvalue weighted by atomic mass is 16.7. The van der Waals surface area contributed by atoms with Gasteiger partial charge in [-0.25, -0.2) is 5.06 Å². The lowest BCUT2D eigenvalue weighted by Crippen LogP contribution is -2.34. The van der Waals surface area contributed by atoms with Crippen molar-refractivity contribution in [3.05, 3.63) is 35.9 Å². The van der Waals surface area contributed by atoms with Gasteiger partial charge in [0.15, 0.2) is 0 Å². The minimum atomic E-state index is -0.328. The van der Waals surface area contributed by atoms with E-state index in [4.69, 9.17) is 9.94 Å². The van der Waals surface area contributed by atoms with Crippen molar-refractivity contribution in [1.82, 2.24) is 5.06 Å². The van der Waals surface area contributed by atoms with Crippen LogP contribution in [0.2, 0.25) is 0 Å². The molecule has 1 aromatic rings. The summed E-state index contributed by atoms with van der Waals surface area (Å²) in [5.41, 5.74) is 0.981. The molecule has 1 aromatic carbocycles. The molecule has 1 rings (SSSR count). The first kappa shape index (κ1) is 11.7. The van der Waals surface area contributed by atoms with Gasteiger partial charge in [-0.05, 0) is 12.5 Å². The predicted octanol–water partition coefficient (Wildman–Crippen LogP) is 0.957. The normalized spacial score (nSPS) is 12.1. The van der Waals surface area contributed by atoms with E-state index in [0.717, 1.165) is 10.6 Å². The molecule has 1 atom stereocenters. The van der Waals surface area contributed by atoms with Gasteiger partial charge < -0.3 is 5.11 Å². The van der Waals surface area contributed by atoms with E-state index in [0.29, 0.717) is 13.0 Å². The number of aliphatic hydroxyl groups is 1. The summed E-state index contributed by atoms with van der Waals surface area (Å²) in [6.45, 7) is 1.91. The van der Waals surface area contributed by atoms with Crippen molar-refractivity contribution in [3.8, 4) is 0 Å². The third-order valence-corrected chi connectivity index (χ3v) is 2.03. The Hall–Kier alpha value is -1.39. The number of amides is 1. The number of hydroxylamine groups is 2. The van der Waals surface area contributed by atoms with Crippen LogP contribution in [-0.2, 0) is 16.2 Å². The Kier molecular flexibility index (Phi) is 4.80. The molecule has 0 spiro atoms. The van der Waals surface area contributed by atoms with Gasteiger partial charge in [-0.1, -0.05) is 30.3 Å². The van der Waals surface area contributed by atoms with E-state index in [1.807, 2.05) is 30.3 Å². The van der Waals surface area contributed by atoms with E-state index in [1.54, 1.807) is 6.92 Å². The zero-order chi connectivity index (χ0) is 11.1. The average Bonchev–Trinajstić information content (AvgIpc) is 2.31. The van der Waals surface area contributed by atoms with Crippen LogP contribution in [0.15, 0.2) is 30.3 Å². The molecule has 0 aliphatic carbocycles. The average molecular weight is 209 g/mol. The molecule has 1 N–H and O–H groups in total. The maximum absolute atomic E-state index is 10.6. The molecule has 0 saturated heterocycles. The number of carbonyl (C=O) groups excluding carboxylic acids is 1. The van der Waals surface area contributed by atoms with Gasteiger partial charge in [0.25, 0.3) is 0 Å². The van der Waals surface area contributed by atoms with Crippen LogP contribution in [0, 0.1) is 0 Å². The lowest BCUT2D eigenvalue weighted by Gasteiger charge is -2.22. The number of hydrogen-bond acceptors (Lipinski definition) is 3. The summed E-state index contributed by atoms with van der Waals surface area (Å²) in [6.07, 6.45) is 0.573. The summed E-state index contributed by atoms with van der Waals surface area (Å²) in [6, 6.07) is 9.21. The van der Waals surface area contributed by atoms with Crippen molar-refractivity contribution in [2.24, 2.45) is 0 Å². The molecule has 82 valence electrons. The summed E-state index contributed by atoms with van der Waals surface area (Å²) in [7, 11) is 0. The third kappa shape index (κ3) is 3.69. The molecule has 0 aromatic heterocycles. The quantitative estimate of drug-likeness (QED) is 0.560. The summed E-state index contributed by atoms with van der Waals surface area (Å²) in [5.74, 6) is 0. The molecule has 0 radical (unpaired) electrons. The fourth-order valence-corrected chi connectivity index (χ4v) is 1.07. The van der Waals surface area contributed by atoms with E-state index < -0.39 is 0 Å². The van der Waals surface area contributed by atoms with Crippen molar-refractivity contribution in [2.75, 3.05) is 6.61 Å². The fraction of sp³-hybridized carbons (Fsp3) is 0.364. The number of benzene rings is 1. The Balaban J connectivity index is 2.44. The molecule has 1 amide bonds. The second-order valence-corrected chi connectivity index (χ2v) is 3.26. The molecule has 4 heteroatoms. The minimum absolute atomic E-state index is 0.118. The van der Waals surface area contributed by atoms with E-state index in [9.17, 15) is 4.79 Å². The van der Waals surface area contributed by atoms with Crippen LogP contribution in [0.5, 0.6) is 0 Å². The monoisotopic (exact) mass is 209 g/mol. The summed E-state index contributed by atoms with van der Waals surface area (Å²) in [5, 5.41) is 9.97. The predicted molar refractivity (Wildman–Crippen MR) is 55.7 cm³/mol. The molecule has 4 nitrogen and oxygen atoms in total. The van der Waals surface area contributed by atoms with Gasteiger partial charge >= 0.3 is 0 Å². The first-order valence-electron chi connectivity index (χ1n) is 4.79. The molecule has 0 aliphatic heterocycles. The molecule has 0 heterocycles. The Labute approximate surface area is 89.0 Å². The van der Waals surface area contributed by atoms with Crippen LogP contribution < -0.4 is 0 Å². The van der Waals surface area contributed by atoms with Crippen LogP contribution in [0.1, 0.15) is 12.5 Å². The lowest BCUT2D eigenvalue weighted by atomic mass is 10.2. The molecular formula is C11H15NO3. The fourth-order valence-electron chi connectivity index (χ4n) is 1.07. The summed E-state index contributed by atoms with van der Waals surface area (Å²) in [4.78, 5) is 15.9. The Morgan fingerprint density at radius 3 is 2.67 bits per heavy atom. The zero-order valence-corrected chi connectivity index (χ0v) is 8.67. The van der Waals surface area contributed by atoms with Crippen LogP contribution in [-0.4, -0.2) is 29.2 Å². The van der Waals surface area contributed by atoms with Crippen molar-refractivity contribution < 1.29 is 14.7 Å². The smallest absolute Gasteiger partial charge is 0.233 e. The van der Waals surface area contributed by atoms with Crippen LogP contribution in [0.3, 0.4) is 0 Å². The van der Waals surface area contributed by atoms with Crippen LogP contribution in [0.25, 0.3) is 0 Å². The van der Waals surface area contributed by atoms with E-state index in [2.05, 4.69) is 0 Å². The highest BCUT2D eigenvalue weighted by Gasteiger charge is 2.10. The Bertz CT molecular complexity index is 289. The number of carbonyl (C=O) groups is 1. The zero-order valence-electron chi connectivity index (χ0n) is 8.67. The van der Waals surface area contributed by atoms with Gasteiger partial charge in [-0.15, -0.1) is 0 Å². The van der Waals surface area contributed by atoms with Crippen molar-refractivity contribution >= 4 is 6.41 Å². The van der Waals surface area contributed by atoms with Gasteiger partial charge in [0.1, 0.15) is 6.61 Å². The topological polar surface area (TPSA) is 49.8 Å². The number of hydrogen-bond donors (Lipinski definition) is 1. The Morgan fingerprint density at radius 1 is 1.47 bits per heavy atom. The minimum Gasteiger partial charge on any atom is -0.394 e. The van der Waals surface area contributed by atoms with Crippen LogP contribution in [0.4, 0.5) is 0 Å².